The average Bonchev–Trinajstić information content (AvgIpc) is 2.36. The Kier molecular flexibility index (Phi) is 4.13. The number of rotatable bonds is 3. The molecule has 1 heterocycles. The van der Waals surface area contributed by atoms with E-state index < -0.39 is 0 Å². The molecule has 1 N–H and O–H groups in total. The van der Waals surface area contributed by atoms with Crippen LogP contribution >= 0.6 is 0 Å². The van der Waals surface area contributed by atoms with Crippen LogP contribution in [0.1, 0.15) is 30.0 Å². The predicted octanol–water partition coefficient (Wildman–Crippen LogP) is 2.82. The molecule has 2 atom stereocenters. The fourth-order valence-electron chi connectivity index (χ4n) is 2.62. The summed E-state index contributed by atoms with van der Waals surface area (Å²) in [5, 5.41) is 3.31. The lowest BCUT2D eigenvalue weighted by Gasteiger charge is -2.31. The molecule has 2 nitrogen and oxygen atoms in total. The quantitative estimate of drug-likeness (QED) is 0.872. The van der Waals surface area contributed by atoms with Gasteiger partial charge in [0.2, 0.25) is 0 Å². The highest BCUT2D eigenvalue weighted by Gasteiger charge is 2.25. The maximum absolute atomic E-state index is 13.4. The Labute approximate surface area is 102 Å². The van der Waals surface area contributed by atoms with Crippen molar-refractivity contribution in [2.45, 2.75) is 25.8 Å². The van der Waals surface area contributed by atoms with Crippen LogP contribution in [0.3, 0.4) is 0 Å². The van der Waals surface area contributed by atoms with Gasteiger partial charge in [0.25, 0.3) is 0 Å². The number of hydrogen-bond donors (Lipinski definition) is 1. The van der Waals surface area contributed by atoms with E-state index in [0.29, 0.717) is 5.92 Å². The topological polar surface area (TPSA) is 21.3 Å². The van der Waals surface area contributed by atoms with Gasteiger partial charge in [0.05, 0.1) is 6.61 Å². The summed E-state index contributed by atoms with van der Waals surface area (Å²) >= 11 is 0. The van der Waals surface area contributed by atoms with Crippen molar-refractivity contribution in [1.82, 2.24) is 5.32 Å². The molecule has 3 heteroatoms. The highest BCUT2D eigenvalue weighted by atomic mass is 19.1. The van der Waals surface area contributed by atoms with Crippen LogP contribution in [0.15, 0.2) is 18.2 Å². The first-order valence-corrected chi connectivity index (χ1v) is 6.23. The fourth-order valence-corrected chi connectivity index (χ4v) is 2.62. The summed E-state index contributed by atoms with van der Waals surface area (Å²) in [5.74, 6) is 0.275. The molecule has 2 unspecified atom stereocenters. The molecule has 1 aliphatic heterocycles. The van der Waals surface area contributed by atoms with Crippen molar-refractivity contribution in [1.29, 1.82) is 0 Å². The van der Waals surface area contributed by atoms with Crippen LogP contribution in [0.5, 0.6) is 0 Å². The maximum Gasteiger partial charge on any atom is 0.123 e. The van der Waals surface area contributed by atoms with E-state index in [4.69, 9.17) is 4.74 Å². The van der Waals surface area contributed by atoms with E-state index in [-0.39, 0.29) is 11.9 Å². The Morgan fingerprint density at radius 3 is 2.94 bits per heavy atom. The maximum atomic E-state index is 13.4. The second kappa shape index (κ2) is 5.61. The van der Waals surface area contributed by atoms with Crippen LogP contribution in [-0.2, 0) is 4.74 Å². The Morgan fingerprint density at radius 2 is 2.29 bits per heavy atom. The van der Waals surface area contributed by atoms with E-state index in [1.165, 1.54) is 6.07 Å². The molecule has 0 aromatic heterocycles. The Morgan fingerprint density at radius 1 is 1.47 bits per heavy atom. The van der Waals surface area contributed by atoms with Crippen molar-refractivity contribution in [3.8, 4) is 0 Å². The van der Waals surface area contributed by atoms with Crippen molar-refractivity contribution in [2.75, 3.05) is 20.3 Å². The summed E-state index contributed by atoms with van der Waals surface area (Å²) in [6, 6.07) is 5.19. The van der Waals surface area contributed by atoms with Crippen molar-refractivity contribution in [2.24, 2.45) is 5.92 Å². The highest BCUT2D eigenvalue weighted by molar-refractivity contribution is 5.30. The van der Waals surface area contributed by atoms with Gasteiger partial charge in [0, 0.05) is 18.6 Å². The van der Waals surface area contributed by atoms with Crippen LogP contribution in [-0.4, -0.2) is 20.3 Å². The molecule has 1 aliphatic rings. The molecular formula is C14H20FNO. The molecule has 0 bridgehead atoms. The largest absolute Gasteiger partial charge is 0.381 e. The van der Waals surface area contributed by atoms with Crippen molar-refractivity contribution in [3.05, 3.63) is 35.1 Å². The summed E-state index contributed by atoms with van der Waals surface area (Å²) in [6.07, 6.45) is 2.23. The minimum atomic E-state index is -0.164. The van der Waals surface area contributed by atoms with Gasteiger partial charge in [-0.1, -0.05) is 6.07 Å². The van der Waals surface area contributed by atoms with Crippen molar-refractivity contribution >= 4 is 0 Å². The molecule has 0 spiro atoms. The van der Waals surface area contributed by atoms with Crippen LogP contribution in [0.25, 0.3) is 0 Å². The summed E-state index contributed by atoms with van der Waals surface area (Å²) in [6.45, 7) is 3.65. The zero-order valence-electron chi connectivity index (χ0n) is 10.5. The Balaban J connectivity index is 2.24. The number of nitrogens with one attached hydrogen (secondary N) is 1. The minimum absolute atomic E-state index is 0.164. The third-order valence-electron chi connectivity index (χ3n) is 3.55. The molecule has 1 fully saturated rings. The second-order valence-corrected chi connectivity index (χ2v) is 4.74. The summed E-state index contributed by atoms with van der Waals surface area (Å²) in [7, 11) is 1.93. The van der Waals surface area contributed by atoms with Gasteiger partial charge in [-0.3, -0.25) is 0 Å². The van der Waals surface area contributed by atoms with E-state index in [2.05, 4.69) is 5.32 Å². The van der Waals surface area contributed by atoms with Gasteiger partial charge < -0.3 is 10.1 Å². The van der Waals surface area contributed by atoms with E-state index in [9.17, 15) is 4.39 Å². The minimum Gasteiger partial charge on any atom is -0.381 e. The summed E-state index contributed by atoms with van der Waals surface area (Å²) < 4.78 is 18.9. The molecule has 1 aromatic rings. The molecule has 2 rings (SSSR count). The van der Waals surface area contributed by atoms with Gasteiger partial charge in [-0.15, -0.1) is 0 Å². The predicted molar refractivity (Wildman–Crippen MR) is 66.5 cm³/mol. The van der Waals surface area contributed by atoms with E-state index in [0.717, 1.165) is 37.2 Å². The van der Waals surface area contributed by atoms with Crippen LogP contribution in [0.4, 0.5) is 4.39 Å². The molecule has 0 amide bonds. The van der Waals surface area contributed by atoms with Crippen LogP contribution in [0.2, 0.25) is 0 Å². The van der Waals surface area contributed by atoms with Gasteiger partial charge >= 0.3 is 0 Å². The monoisotopic (exact) mass is 237 g/mol. The number of benzene rings is 1. The lowest BCUT2D eigenvalue weighted by Crippen LogP contribution is -2.32. The lowest BCUT2D eigenvalue weighted by molar-refractivity contribution is 0.0400. The first-order chi connectivity index (χ1) is 8.22. The first kappa shape index (κ1) is 12.5. The Bertz CT molecular complexity index is 374. The molecule has 0 saturated carbocycles. The van der Waals surface area contributed by atoms with Gasteiger partial charge in [0.15, 0.2) is 0 Å². The van der Waals surface area contributed by atoms with Gasteiger partial charge in [-0.2, -0.15) is 0 Å². The standard InChI is InChI=1S/C14H20FNO/c1-10-5-6-12(15)8-13(10)14(16-2)11-4-3-7-17-9-11/h5-6,8,11,14,16H,3-4,7,9H2,1-2H3. The van der Waals surface area contributed by atoms with Gasteiger partial charge in [0.1, 0.15) is 5.82 Å². The zero-order chi connectivity index (χ0) is 12.3. The molecule has 0 radical (unpaired) electrons. The van der Waals surface area contributed by atoms with Crippen molar-refractivity contribution in [3.63, 3.8) is 0 Å². The van der Waals surface area contributed by atoms with Crippen LogP contribution in [0, 0.1) is 18.7 Å². The van der Waals surface area contributed by atoms with Gasteiger partial charge in [-0.25, -0.2) is 4.39 Å². The third-order valence-corrected chi connectivity index (χ3v) is 3.55. The van der Waals surface area contributed by atoms with Gasteiger partial charge in [-0.05, 0) is 50.1 Å². The number of aryl methyl sites for hydroxylation is 1. The lowest BCUT2D eigenvalue weighted by atomic mass is 9.87. The average molecular weight is 237 g/mol. The first-order valence-electron chi connectivity index (χ1n) is 6.23. The molecular weight excluding hydrogens is 217 g/mol. The second-order valence-electron chi connectivity index (χ2n) is 4.74. The summed E-state index contributed by atoms with van der Waals surface area (Å²) in [4.78, 5) is 0. The van der Waals surface area contributed by atoms with E-state index >= 15 is 0 Å². The highest BCUT2D eigenvalue weighted by Crippen LogP contribution is 2.30. The fraction of sp³-hybridized carbons (Fsp3) is 0.571. The summed E-state index contributed by atoms with van der Waals surface area (Å²) in [5.41, 5.74) is 2.19. The normalized spacial score (nSPS) is 22.4. The number of halogens is 1. The molecule has 1 saturated heterocycles. The van der Waals surface area contributed by atoms with Crippen LogP contribution < -0.4 is 5.32 Å². The number of hydrogen-bond acceptors (Lipinski definition) is 2. The molecule has 1 aromatic carbocycles. The van der Waals surface area contributed by atoms with E-state index in [1.807, 2.05) is 20.0 Å². The third kappa shape index (κ3) is 2.85. The van der Waals surface area contributed by atoms with E-state index in [1.54, 1.807) is 6.07 Å². The van der Waals surface area contributed by atoms with Crippen molar-refractivity contribution < 1.29 is 9.13 Å². The molecule has 17 heavy (non-hydrogen) atoms. The molecule has 94 valence electrons. The Hall–Kier alpha value is -0.930. The molecule has 0 aliphatic carbocycles. The smallest absolute Gasteiger partial charge is 0.123 e. The SMILES string of the molecule is CNC(c1cc(F)ccc1C)C1CCCOC1. The zero-order valence-corrected chi connectivity index (χ0v) is 10.5. The number of ether oxygens (including phenoxy) is 1.